The summed E-state index contributed by atoms with van der Waals surface area (Å²) in [5, 5.41) is 7.39. The molecule has 1 N–H and O–H groups in total. The zero-order valence-electron chi connectivity index (χ0n) is 9.02. The molecule has 2 rings (SSSR count). The van der Waals surface area contributed by atoms with E-state index in [1.807, 2.05) is 36.1 Å². The number of aromatic nitrogens is 3. The molecule has 2 heterocycles. The number of halogens is 1. The van der Waals surface area contributed by atoms with E-state index in [9.17, 15) is 0 Å². The van der Waals surface area contributed by atoms with Crippen molar-refractivity contribution in [1.29, 1.82) is 0 Å². The molecular formula is C11H13BrN4. The first-order valence-corrected chi connectivity index (χ1v) is 5.87. The van der Waals surface area contributed by atoms with Gasteiger partial charge in [-0.25, -0.2) is 4.98 Å². The van der Waals surface area contributed by atoms with Crippen LogP contribution in [0, 0.1) is 0 Å². The number of hydrogen-bond acceptors (Lipinski definition) is 3. The van der Waals surface area contributed by atoms with E-state index in [2.05, 4.69) is 31.3 Å². The van der Waals surface area contributed by atoms with Gasteiger partial charge < -0.3 is 5.32 Å². The van der Waals surface area contributed by atoms with Gasteiger partial charge in [0.2, 0.25) is 0 Å². The van der Waals surface area contributed by atoms with Crippen molar-refractivity contribution in [3.63, 3.8) is 0 Å². The van der Waals surface area contributed by atoms with E-state index < -0.39 is 0 Å². The standard InChI is InChI=1S/C11H13BrN4/c1-16-10(5-7-15-16)4-6-13-11-3-2-9(12)8-14-11/h2-3,5,7-8H,4,6H2,1H3,(H,13,14). The van der Waals surface area contributed by atoms with Crippen LogP contribution in [0.1, 0.15) is 5.69 Å². The number of aryl methyl sites for hydroxylation is 1. The van der Waals surface area contributed by atoms with Gasteiger partial charge in [0.15, 0.2) is 0 Å². The largest absolute Gasteiger partial charge is 0.370 e. The van der Waals surface area contributed by atoms with Gasteiger partial charge in [0.25, 0.3) is 0 Å². The average Bonchev–Trinajstić information content (AvgIpc) is 2.68. The van der Waals surface area contributed by atoms with Crippen LogP contribution in [0.3, 0.4) is 0 Å². The zero-order chi connectivity index (χ0) is 11.4. The van der Waals surface area contributed by atoms with Gasteiger partial charge in [0.05, 0.1) is 0 Å². The molecule has 0 saturated carbocycles. The van der Waals surface area contributed by atoms with E-state index in [0.29, 0.717) is 0 Å². The lowest BCUT2D eigenvalue weighted by atomic mass is 10.3. The van der Waals surface area contributed by atoms with E-state index in [4.69, 9.17) is 0 Å². The Hall–Kier alpha value is -1.36. The van der Waals surface area contributed by atoms with Crippen molar-refractivity contribution in [2.75, 3.05) is 11.9 Å². The summed E-state index contributed by atoms with van der Waals surface area (Å²) < 4.78 is 2.88. The molecular weight excluding hydrogens is 268 g/mol. The van der Waals surface area contributed by atoms with Crippen LogP contribution >= 0.6 is 15.9 Å². The molecule has 0 radical (unpaired) electrons. The van der Waals surface area contributed by atoms with E-state index in [-0.39, 0.29) is 0 Å². The normalized spacial score (nSPS) is 10.4. The molecule has 0 aromatic carbocycles. The van der Waals surface area contributed by atoms with Gasteiger partial charge in [0.1, 0.15) is 5.82 Å². The molecule has 0 unspecified atom stereocenters. The van der Waals surface area contributed by atoms with Crippen molar-refractivity contribution < 1.29 is 0 Å². The number of rotatable bonds is 4. The third kappa shape index (κ3) is 2.82. The predicted octanol–water partition coefficient (Wildman–Crippen LogP) is 2.23. The number of nitrogens with zero attached hydrogens (tertiary/aromatic N) is 3. The highest BCUT2D eigenvalue weighted by atomic mass is 79.9. The summed E-state index contributed by atoms with van der Waals surface area (Å²) in [5.41, 5.74) is 1.21. The van der Waals surface area contributed by atoms with E-state index in [0.717, 1.165) is 23.3 Å². The summed E-state index contributed by atoms with van der Waals surface area (Å²) in [4.78, 5) is 4.24. The molecule has 0 fully saturated rings. The fourth-order valence-electron chi connectivity index (χ4n) is 1.45. The average molecular weight is 281 g/mol. The van der Waals surface area contributed by atoms with E-state index >= 15 is 0 Å². The molecule has 0 aliphatic carbocycles. The Bertz CT molecular complexity index is 449. The Kier molecular flexibility index (Phi) is 3.56. The molecule has 84 valence electrons. The van der Waals surface area contributed by atoms with Crippen molar-refractivity contribution in [3.8, 4) is 0 Å². The Morgan fingerprint density at radius 3 is 2.88 bits per heavy atom. The van der Waals surface area contributed by atoms with Gasteiger partial charge >= 0.3 is 0 Å². The summed E-state index contributed by atoms with van der Waals surface area (Å²) >= 11 is 3.35. The van der Waals surface area contributed by atoms with Crippen LogP contribution in [0.5, 0.6) is 0 Å². The van der Waals surface area contributed by atoms with Gasteiger partial charge in [-0.15, -0.1) is 0 Å². The molecule has 0 aliphatic heterocycles. The summed E-state index contributed by atoms with van der Waals surface area (Å²) in [6.07, 6.45) is 4.54. The molecule has 0 spiro atoms. The molecule has 4 nitrogen and oxygen atoms in total. The Morgan fingerprint density at radius 2 is 2.25 bits per heavy atom. The maximum atomic E-state index is 4.24. The minimum Gasteiger partial charge on any atom is -0.370 e. The van der Waals surface area contributed by atoms with E-state index in [1.54, 1.807) is 6.20 Å². The molecule has 0 atom stereocenters. The lowest BCUT2D eigenvalue weighted by molar-refractivity contribution is 0.711. The second kappa shape index (κ2) is 5.12. The lowest BCUT2D eigenvalue weighted by Gasteiger charge is -2.05. The highest BCUT2D eigenvalue weighted by Crippen LogP contribution is 2.10. The summed E-state index contributed by atoms with van der Waals surface area (Å²) in [6, 6.07) is 5.95. The van der Waals surface area contributed by atoms with Crippen LogP contribution in [0.25, 0.3) is 0 Å². The third-order valence-corrected chi connectivity index (χ3v) is 2.81. The second-order valence-corrected chi connectivity index (χ2v) is 4.40. The zero-order valence-corrected chi connectivity index (χ0v) is 10.6. The second-order valence-electron chi connectivity index (χ2n) is 3.48. The minimum atomic E-state index is 0.855. The summed E-state index contributed by atoms with van der Waals surface area (Å²) in [6.45, 7) is 0.855. The number of anilines is 1. The first kappa shape index (κ1) is 11.1. The molecule has 5 heteroatoms. The van der Waals surface area contributed by atoms with Crippen LogP contribution < -0.4 is 5.32 Å². The number of hydrogen-bond donors (Lipinski definition) is 1. The minimum absolute atomic E-state index is 0.855. The summed E-state index contributed by atoms with van der Waals surface area (Å²) in [5.74, 6) is 0.894. The van der Waals surface area contributed by atoms with Crippen molar-refractivity contribution >= 4 is 21.7 Å². The van der Waals surface area contributed by atoms with Crippen molar-refractivity contribution in [2.24, 2.45) is 7.05 Å². The van der Waals surface area contributed by atoms with E-state index in [1.165, 1.54) is 5.69 Å². The first-order chi connectivity index (χ1) is 7.75. The molecule has 2 aromatic rings. The van der Waals surface area contributed by atoms with Gasteiger partial charge in [-0.1, -0.05) is 0 Å². The molecule has 16 heavy (non-hydrogen) atoms. The molecule has 0 amide bonds. The Labute approximate surface area is 103 Å². The first-order valence-electron chi connectivity index (χ1n) is 5.08. The maximum Gasteiger partial charge on any atom is 0.125 e. The fourth-order valence-corrected chi connectivity index (χ4v) is 1.68. The lowest BCUT2D eigenvalue weighted by Crippen LogP contribution is -2.09. The third-order valence-electron chi connectivity index (χ3n) is 2.34. The number of nitrogens with one attached hydrogen (secondary N) is 1. The predicted molar refractivity (Wildman–Crippen MR) is 67.3 cm³/mol. The fraction of sp³-hybridized carbons (Fsp3) is 0.273. The molecule has 0 aliphatic rings. The van der Waals surface area contributed by atoms with Gasteiger partial charge in [-0.2, -0.15) is 5.10 Å². The Morgan fingerprint density at radius 1 is 1.38 bits per heavy atom. The van der Waals surface area contributed by atoms with Crippen LogP contribution in [0.2, 0.25) is 0 Å². The van der Waals surface area contributed by atoms with Crippen molar-refractivity contribution in [1.82, 2.24) is 14.8 Å². The van der Waals surface area contributed by atoms with Gasteiger partial charge in [-0.05, 0) is 34.1 Å². The smallest absolute Gasteiger partial charge is 0.125 e. The van der Waals surface area contributed by atoms with Crippen molar-refractivity contribution in [2.45, 2.75) is 6.42 Å². The van der Waals surface area contributed by atoms with Crippen LogP contribution in [0.15, 0.2) is 35.1 Å². The van der Waals surface area contributed by atoms with Crippen LogP contribution in [-0.2, 0) is 13.5 Å². The van der Waals surface area contributed by atoms with Gasteiger partial charge in [0, 0.05) is 42.6 Å². The highest BCUT2D eigenvalue weighted by Gasteiger charge is 1.98. The molecule has 0 bridgehead atoms. The quantitative estimate of drug-likeness (QED) is 0.934. The van der Waals surface area contributed by atoms with Crippen LogP contribution in [0.4, 0.5) is 5.82 Å². The van der Waals surface area contributed by atoms with Crippen molar-refractivity contribution in [3.05, 3.63) is 40.8 Å². The maximum absolute atomic E-state index is 4.24. The van der Waals surface area contributed by atoms with Crippen LogP contribution in [-0.4, -0.2) is 21.3 Å². The highest BCUT2D eigenvalue weighted by molar-refractivity contribution is 9.10. The topological polar surface area (TPSA) is 42.7 Å². The SMILES string of the molecule is Cn1nccc1CCNc1ccc(Br)cn1. The number of pyridine rings is 1. The molecule has 2 aromatic heterocycles. The Balaban J connectivity index is 1.84. The van der Waals surface area contributed by atoms with Gasteiger partial charge in [-0.3, -0.25) is 4.68 Å². The molecule has 0 saturated heterocycles. The monoisotopic (exact) mass is 280 g/mol. The summed E-state index contributed by atoms with van der Waals surface area (Å²) in [7, 11) is 1.95.